The van der Waals surface area contributed by atoms with Gasteiger partial charge in [-0.3, -0.25) is 9.59 Å². The van der Waals surface area contributed by atoms with Crippen LogP contribution in [-0.2, 0) is 21.5 Å². The molecule has 2 rings (SSSR count). The summed E-state index contributed by atoms with van der Waals surface area (Å²) in [7, 11) is 0. The van der Waals surface area contributed by atoms with Gasteiger partial charge in [-0.1, -0.05) is 83.5 Å². The molecule has 2 amide bonds. The molecule has 0 aliphatic rings. The zero-order valence-corrected chi connectivity index (χ0v) is 21.3. The Hall–Kier alpha value is -2.82. The van der Waals surface area contributed by atoms with E-state index in [2.05, 4.69) is 39.9 Å². The molecular weight excluding hydrogens is 412 g/mol. The zero-order chi connectivity index (χ0) is 24.6. The Morgan fingerprint density at radius 2 is 1.61 bits per heavy atom. The fourth-order valence-corrected chi connectivity index (χ4v) is 3.51. The summed E-state index contributed by atoms with van der Waals surface area (Å²) in [5, 5.41) is 2.98. The minimum atomic E-state index is -0.551. The van der Waals surface area contributed by atoms with Crippen LogP contribution >= 0.6 is 0 Å². The van der Waals surface area contributed by atoms with Gasteiger partial charge in [-0.15, -0.1) is 0 Å². The van der Waals surface area contributed by atoms with Gasteiger partial charge in [-0.25, -0.2) is 0 Å². The lowest BCUT2D eigenvalue weighted by atomic mass is 9.87. The lowest BCUT2D eigenvalue weighted by Gasteiger charge is -2.31. The first kappa shape index (κ1) is 26.4. The van der Waals surface area contributed by atoms with Crippen molar-refractivity contribution in [3.63, 3.8) is 0 Å². The van der Waals surface area contributed by atoms with Crippen molar-refractivity contribution < 1.29 is 14.3 Å². The molecule has 180 valence electrons. The molecule has 0 saturated carbocycles. The average molecular weight is 453 g/mol. The minimum absolute atomic E-state index is 0.0525. The molecule has 0 radical (unpaired) electrons. The third kappa shape index (κ3) is 8.23. The van der Waals surface area contributed by atoms with E-state index in [-0.39, 0.29) is 23.8 Å². The molecular formula is C28H40N2O3. The summed E-state index contributed by atoms with van der Waals surface area (Å²) in [6.45, 7) is 15.4. The second kappa shape index (κ2) is 11.9. The second-order valence-electron chi connectivity index (χ2n) is 10.1. The molecule has 0 unspecified atom stereocenters. The first-order valence-electron chi connectivity index (χ1n) is 11.9. The summed E-state index contributed by atoms with van der Waals surface area (Å²) in [6.07, 6.45) is 0.530. The number of carbonyl (C=O) groups excluding carboxylic acids is 2. The quantitative estimate of drug-likeness (QED) is 0.536. The van der Waals surface area contributed by atoms with E-state index in [0.29, 0.717) is 31.2 Å². The summed E-state index contributed by atoms with van der Waals surface area (Å²) in [5.41, 5.74) is 3.39. The second-order valence-corrected chi connectivity index (χ2v) is 10.1. The van der Waals surface area contributed by atoms with Crippen LogP contribution in [0.15, 0.2) is 48.5 Å². The van der Waals surface area contributed by atoms with Crippen molar-refractivity contribution in [1.29, 1.82) is 0 Å². The van der Waals surface area contributed by atoms with Crippen molar-refractivity contribution in [3.8, 4) is 5.75 Å². The number of nitrogens with one attached hydrogen (secondary N) is 1. The van der Waals surface area contributed by atoms with Gasteiger partial charge in [0.25, 0.3) is 5.91 Å². The van der Waals surface area contributed by atoms with Gasteiger partial charge in [-0.05, 0) is 47.9 Å². The highest BCUT2D eigenvalue weighted by molar-refractivity contribution is 5.88. The van der Waals surface area contributed by atoms with Crippen LogP contribution in [0.3, 0.4) is 0 Å². The van der Waals surface area contributed by atoms with Crippen LogP contribution in [0.4, 0.5) is 0 Å². The highest BCUT2D eigenvalue weighted by atomic mass is 16.5. The molecule has 0 aliphatic heterocycles. The maximum absolute atomic E-state index is 13.3. The minimum Gasteiger partial charge on any atom is -0.484 e. The number of rotatable bonds is 10. The highest BCUT2D eigenvalue weighted by Crippen LogP contribution is 2.24. The van der Waals surface area contributed by atoms with Gasteiger partial charge in [-0.2, -0.15) is 0 Å². The van der Waals surface area contributed by atoms with Crippen LogP contribution in [0.25, 0.3) is 0 Å². The van der Waals surface area contributed by atoms with E-state index in [1.54, 1.807) is 4.90 Å². The van der Waals surface area contributed by atoms with E-state index in [1.807, 2.05) is 62.4 Å². The van der Waals surface area contributed by atoms with Crippen LogP contribution in [-0.4, -0.2) is 35.9 Å². The van der Waals surface area contributed by atoms with Gasteiger partial charge in [0.1, 0.15) is 11.8 Å². The summed E-state index contributed by atoms with van der Waals surface area (Å²) >= 11 is 0. The van der Waals surface area contributed by atoms with Crippen LogP contribution in [0.5, 0.6) is 5.75 Å². The summed E-state index contributed by atoms with van der Waals surface area (Å²) in [5.74, 6) is 0.652. The van der Waals surface area contributed by atoms with E-state index in [4.69, 9.17) is 4.74 Å². The van der Waals surface area contributed by atoms with Crippen molar-refractivity contribution in [2.24, 2.45) is 5.92 Å². The summed E-state index contributed by atoms with van der Waals surface area (Å²) < 4.78 is 5.82. The Morgan fingerprint density at radius 1 is 1.00 bits per heavy atom. The first-order chi connectivity index (χ1) is 15.5. The molecule has 0 bridgehead atoms. The van der Waals surface area contributed by atoms with Crippen molar-refractivity contribution >= 4 is 11.8 Å². The first-order valence-corrected chi connectivity index (χ1v) is 11.9. The van der Waals surface area contributed by atoms with Crippen molar-refractivity contribution in [2.45, 2.75) is 72.9 Å². The van der Waals surface area contributed by atoms with Gasteiger partial charge in [0.05, 0.1) is 0 Å². The van der Waals surface area contributed by atoms with Gasteiger partial charge in [0.2, 0.25) is 5.91 Å². The molecule has 33 heavy (non-hydrogen) atoms. The molecule has 1 atom stereocenters. The van der Waals surface area contributed by atoms with Gasteiger partial charge < -0.3 is 15.0 Å². The van der Waals surface area contributed by atoms with Crippen molar-refractivity contribution in [2.75, 3.05) is 13.2 Å². The number of nitrogens with zero attached hydrogens (tertiary/aromatic N) is 1. The number of amides is 2. The van der Waals surface area contributed by atoms with E-state index in [9.17, 15) is 9.59 Å². The lowest BCUT2D eigenvalue weighted by Crippen LogP contribution is -2.50. The summed E-state index contributed by atoms with van der Waals surface area (Å²) in [4.78, 5) is 27.8. The fraction of sp³-hybridized carbons (Fsp3) is 0.500. The smallest absolute Gasteiger partial charge is 0.261 e. The van der Waals surface area contributed by atoms with E-state index >= 15 is 0 Å². The van der Waals surface area contributed by atoms with E-state index < -0.39 is 6.04 Å². The van der Waals surface area contributed by atoms with E-state index in [1.165, 1.54) is 5.56 Å². The zero-order valence-electron chi connectivity index (χ0n) is 21.3. The SMILES string of the molecule is CC[C@@H](C(=O)NCC(C)C)N(Cc1ccc(C)cc1)C(=O)COc1ccc(C(C)(C)C)cc1. The highest BCUT2D eigenvalue weighted by Gasteiger charge is 2.29. The molecule has 5 nitrogen and oxygen atoms in total. The predicted octanol–water partition coefficient (Wildman–Crippen LogP) is 5.25. The van der Waals surface area contributed by atoms with Gasteiger partial charge in [0.15, 0.2) is 6.61 Å². The number of aryl methyl sites for hydroxylation is 1. The maximum atomic E-state index is 13.3. The van der Waals surface area contributed by atoms with Crippen molar-refractivity contribution in [1.82, 2.24) is 10.2 Å². The molecule has 2 aromatic rings. The fourth-order valence-electron chi connectivity index (χ4n) is 3.51. The third-order valence-corrected chi connectivity index (χ3v) is 5.63. The third-order valence-electron chi connectivity index (χ3n) is 5.63. The van der Waals surface area contributed by atoms with Crippen LogP contribution in [0, 0.1) is 12.8 Å². The summed E-state index contributed by atoms with van der Waals surface area (Å²) in [6, 6.07) is 15.3. The standard InChI is InChI=1S/C28H40N2O3/c1-8-25(27(32)29-17-20(2)3)30(18-22-11-9-21(4)10-12-22)26(31)19-33-24-15-13-23(14-16-24)28(5,6)7/h9-16,20,25H,8,17-19H2,1-7H3,(H,29,32)/t25-/m0/s1. The molecule has 0 saturated heterocycles. The van der Waals surface area contributed by atoms with Gasteiger partial charge >= 0.3 is 0 Å². The Morgan fingerprint density at radius 3 is 2.12 bits per heavy atom. The molecule has 0 aliphatic carbocycles. The van der Waals surface area contributed by atoms with Gasteiger partial charge in [0, 0.05) is 13.1 Å². The molecule has 1 N–H and O–H groups in total. The number of hydrogen-bond acceptors (Lipinski definition) is 3. The largest absolute Gasteiger partial charge is 0.484 e. The number of ether oxygens (including phenoxy) is 1. The predicted molar refractivity (Wildman–Crippen MR) is 134 cm³/mol. The Balaban J connectivity index is 2.17. The Bertz CT molecular complexity index is 896. The maximum Gasteiger partial charge on any atom is 0.261 e. The average Bonchev–Trinajstić information content (AvgIpc) is 2.76. The van der Waals surface area contributed by atoms with Crippen LogP contribution < -0.4 is 10.1 Å². The molecule has 2 aromatic carbocycles. The number of carbonyl (C=O) groups is 2. The molecule has 0 aromatic heterocycles. The van der Waals surface area contributed by atoms with Crippen molar-refractivity contribution in [3.05, 3.63) is 65.2 Å². The monoisotopic (exact) mass is 452 g/mol. The topological polar surface area (TPSA) is 58.6 Å². The Labute approximate surface area is 199 Å². The lowest BCUT2D eigenvalue weighted by molar-refractivity contribution is -0.143. The molecule has 0 fully saturated rings. The Kier molecular flexibility index (Phi) is 9.51. The normalized spacial score (nSPS) is 12.4. The number of hydrogen-bond donors (Lipinski definition) is 1. The van der Waals surface area contributed by atoms with Crippen LogP contribution in [0.2, 0.25) is 0 Å². The molecule has 0 heterocycles. The van der Waals surface area contributed by atoms with E-state index in [0.717, 1.165) is 11.1 Å². The molecule has 0 spiro atoms. The molecule has 5 heteroatoms. The van der Waals surface area contributed by atoms with Crippen LogP contribution in [0.1, 0.15) is 64.7 Å². The number of benzene rings is 2.